The first-order valence-corrected chi connectivity index (χ1v) is 8.54. The Bertz CT molecular complexity index is 848. The molecule has 1 N–H and O–H groups in total. The molecule has 1 aliphatic heterocycles. The number of benzene rings is 2. The lowest BCUT2D eigenvalue weighted by Gasteiger charge is -2.21. The maximum Gasteiger partial charge on any atom is 0.337 e. The molecule has 0 fully saturated rings. The Labute approximate surface area is 156 Å². The lowest BCUT2D eigenvalue weighted by Crippen LogP contribution is -2.40. The van der Waals surface area contributed by atoms with E-state index >= 15 is 0 Å². The quantitative estimate of drug-likeness (QED) is 0.815. The molecule has 0 spiro atoms. The van der Waals surface area contributed by atoms with Crippen molar-refractivity contribution in [1.82, 2.24) is 5.32 Å². The summed E-state index contributed by atoms with van der Waals surface area (Å²) in [6.07, 6.45) is 0.219. The number of anilines is 1. The second-order valence-electron chi connectivity index (χ2n) is 6.01. The second-order valence-corrected chi connectivity index (χ2v) is 6.01. The zero-order valence-electron chi connectivity index (χ0n) is 14.9. The fourth-order valence-electron chi connectivity index (χ4n) is 2.77. The van der Waals surface area contributed by atoms with Gasteiger partial charge in [0.25, 0.3) is 0 Å². The molecule has 27 heavy (non-hydrogen) atoms. The van der Waals surface area contributed by atoms with Crippen molar-refractivity contribution < 1.29 is 23.9 Å². The molecule has 140 valence electrons. The van der Waals surface area contributed by atoms with Gasteiger partial charge < -0.3 is 14.8 Å². The van der Waals surface area contributed by atoms with Gasteiger partial charge in [0.05, 0.1) is 31.4 Å². The highest BCUT2D eigenvalue weighted by atomic mass is 16.5. The van der Waals surface area contributed by atoms with Gasteiger partial charge >= 0.3 is 5.97 Å². The van der Waals surface area contributed by atoms with E-state index in [1.165, 1.54) is 12.0 Å². The molecule has 0 saturated carbocycles. The second kappa shape index (κ2) is 8.35. The zero-order valence-corrected chi connectivity index (χ0v) is 14.9. The van der Waals surface area contributed by atoms with Gasteiger partial charge in [0, 0.05) is 6.54 Å². The van der Waals surface area contributed by atoms with Crippen molar-refractivity contribution in [3.63, 3.8) is 0 Å². The molecule has 2 amide bonds. The number of methoxy groups -OCH3 is 1. The Morgan fingerprint density at radius 3 is 2.63 bits per heavy atom. The highest BCUT2D eigenvalue weighted by Crippen LogP contribution is 2.30. The van der Waals surface area contributed by atoms with Crippen LogP contribution in [-0.2, 0) is 20.9 Å². The topological polar surface area (TPSA) is 84.9 Å². The highest BCUT2D eigenvalue weighted by Gasteiger charge is 2.24. The summed E-state index contributed by atoms with van der Waals surface area (Å²) in [6.45, 7) is 0.500. The van der Waals surface area contributed by atoms with E-state index in [4.69, 9.17) is 4.74 Å². The Hall–Kier alpha value is -3.35. The van der Waals surface area contributed by atoms with Crippen LogP contribution in [-0.4, -0.2) is 38.0 Å². The van der Waals surface area contributed by atoms with Gasteiger partial charge in [0.1, 0.15) is 12.3 Å². The first-order valence-electron chi connectivity index (χ1n) is 8.54. The molecule has 2 aromatic carbocycles. The predicted octanol–water partition coefficient (Wildman–Crippen LogP) is 1.91. The Morgan fingerprint density at radius 2 is 1.89 bits per heavy atom. The van der Waals surface area contributed by atoms with Gasteiger partial charge in [-0.05, 0) is 29.8 Å². The van der Waals surface area contributed by atoms with Crippen LogP contribution in [0.5, 0.6) is 5.75 Å². The van der Waals surface area contributed by atoms with Crippen molar-refractivity contribution in [2.45, 2.75) is 13.0 Å². The molecule has 2 aromatic rings. The van der Waals surface area contributed by atoms with Gasteiger partial charge in [0.2, 0.25) is 11.8 Å². The number of ether oxygens (including phenoxy) is 2. The average molecular weight is 368 g/mol. The van der Waals surface area contributed by atoms with Gasteiger partial charge in [0.15, 0.2) is 0 Å². The van der Waals surface area contributed by atoms with E-state index in [0.717, 1.165) is 5.56 Å². The maximum atomic E-state index is 12.4. The van der Waals surface area contributed by atoms with Crippen LogP contribution in [0.1, 0.15) is 22.3 Å². The lowest BCUT2D eigenvalue weighted by molar-refractivity contribution is -0.124. The van der Waals surface area contributed by atoms with Crippen molar-refractivity contribution in [1.29, 1.82) is 0 Å². The summed E-state index contributed by atoms with van der Waals surface area (Å²) in [7, 11) is 1.32. The van der Waals surface area contributed by atoms with Crippen LogP contribution in [0.3, 0.4) is 0 Å². The Balaban J connectivity index is 1.62. The molecule has 0 atom stereocenters. The van der Waals surface area contributed by atoms with E-state index in [-0.39, 0.29) is 24.8 Å². The fraction of sp³-hybridized carbons (Fsp3) is 0.250. The number of fused-ring (bicyclic) bond motifs is 1. The highest BCUT2D eigenvalue weighted by molar-refractivity contribution is 6.00. The van der Waals surface area contributed by atoms with Crippen molar-refractivity contribution in [2.24, 2.45) is 0 Å². The Kier molecular flexibility index (Phi) is 5.71. The van der Waals surface area contributed by atoms with Crippen LogP contribution in [0, 0.1) is 0 Å². The number of hydrogen-bond donors (Lipinski definition) is 1. The van der Waals surface area contributed by atoms with Crippen molar-refractivity contribution in [3.05, 3.63) is 59.7 Å². The molecule has 0 bridgehead atoms. The predicted molar refractivity (Wildman–Crippen MR) is 98.5 cm³/mol. The summed E-state index contributed by atoms with van der Waals surface area (Å²) in [5, 5.41) is 2.79. The third kappa shape index (κ3) is 4.44. The number of nitrogens with zero attached hydrogens (tertiary/aromatic N) is 1. The number of carbonyl (C=O) groups excluding carboxylic acids is 3. The van der Waals surface area contributed by atoms with Gasteiger partial charge in [-0.1, -0.05) is 24.3 Å². The number of rotatable bonds is 5. The average Bonchev–Trinajstić information content (AvgIpc) is 2.85. The van der Waals surface area contributed by atoms with Crippen LogP contribution in [0.25, 0.3) is 0 Å². The van der Waals surface area contributed by atoms with E-state index in [9.17, 15) is 14.4 Å². The van der Waals surface area contributed by atoms with E-state index in [0.29, 0.717) is 30.2 Å². The first-order chi connectivity index (χ1) is 13.1. The third-order valence-electron chi connectivity index (χ3n) is 4.20. The van der Waals surface area contributed by atoms with E-state index in [1.54, 1.807) is 42.5 Å². The molecule has 0 saturated heterocycles. The molecule has 0 aromatic heterocycles. The van der Waals surface area contributed by atoms with Crippen LogP contribution in [0.2, 0.25) is 0 Å². The molecular formula is C20H20N2O5. The molecule has 7 nitrogen and oxygen atoms in total. The largest absolute Gasteiger partial charge is 0.491 e. The minimum atomic E-state index is -0.411. The summed E-state index contributed by atoms with van der Waals surface area (Å²) in [6, 6.07) is 13.9. The molecule has 7 heteroatoms. The SMILES string of the molecule is COC(=O)c1ccc(CNC(=O)CN2C(=O)CCOc3ccccc32)cc1. The summed E-state index contributed by atoms with van der Waals surface area (Å²) in [4.78, 5) is 37.6. The van der Waals surface area contributed by atoms with Crippen LogP contribution >= 0.6 is 0 Å². The van der Waals surface area contributed by atoms with E-state index in [2.05, 4.69) is 10.1 Å². The summed E-state index contributed by atoms with van der Waals surface area (Å²) in [5.74, 6) is -0.254. The van der Waals surface area contributed by atoms with Crippen molar-refractivity contribution in [2.75, 3.05) is 25.2 Å². The maximum absolute atomic E-state index is 12.4. The standard InChI is InChI=1S/C20H20N2O5/c1-26-20(25)15-8-6-14(7-9-15)12-21-18(23)13-22-16-4-2-3-5-17(16)27-11-10-19(22)24/h2-9H,10-13H2,1H3,(H,21,23). The smallest absolute Gasteiger partial charge is 0.337 e. The molecule has 1 heterocycles. The summed E-state index contributed by atoms with van der Waals surface area (Å²) < 4.78 is 10.2. The number of carbonyl (C=O) groups is 3. The summed E-state index contributed by atoms with van der Waals surface area (Å²) >= 11 is 0. The number of esters is 1. The van der Waals surface area contributed by atoms with Crippen molar-refractivity contribution in [3.8, 4) is 5.75 Å². The lowest BCUT2D eigenvalue weighted by atomic mass is 10.1. The molecule has 3 rings (SSSR count). The molecule has 0 radical (unpaired) electrons. The van der Waals surface area contributed by atoms with E-state index < -0.39 is 5.97 Å². The molecule has 0 unspecified atom stereocenters. The first kappa shape index (κ1) is 18.4. The minimum Gasteiger partial charge on any atom is -0.491 e. The minimum absolute atomic E-state index is 0.0839. The number of amides is 2. The van der Waals surface area contributed by atoms with Gasteiger partial charge in [-0.3, -0.25) is 14.5 Å². The zero-order chi connectivity index (χ0) is 19.2. The van der Waals surface area contributed by atoms with Crippen LogP contribution in [0.4, 0.5) is 5.69 Å². The van der Waals surface area contributed by atoms with Crippen LogP contribution < -0.4 is 15.0 Å². The van der Waals surface area contributed by atoms with Gasteiger partial charge in [-0.15, -0.1) is 0 Å². The monoisotopic (exact) mass is 368 g/mol. The van der Waals surface area contributed by atoms with E-state index in [1.807, 2.05) is 6.07 Å². The normalized spacial score (nSPS) is 13.2. The molecule has 1 aliphatic rings. The van der Waals surface area contributed by atoms with Gasteiger partial charge in [-0.2, -0.15) is 0 Å². The van der Waals surface area contributed by atoms with Crippen LogP contribution in [0.15, 0.2) is 48.5 Å². The third-order valence-corrected chi connectivity index (χ3v) is 4.20. The Morgan fingerprint density at radius 1 is 1.15 bits per heavy atom. The number of nitrogens with one attached hydrogen (secondary N) is 1. The fourth-order valence-corrected chi connectivity index (χ4v) is 2.77. The molecule has 0 aliphatic carbocycles. The van der Waals surface area contributed by atoms with Crippen molar-refractivity contribution >= 4 is 23.5 Å². The summed E-state index contributed by atoms with van der Waals surface area (Å²) in [5.41, 5.74) is 1.87. The van der Waals surface area contributed by atoms with Gasteiger partial charge in [-0.25, -0.2) is 4.79 Å². The number of para-hydroxylation sites is 2. The number of hydrogen-bond acceptors (Lipinski definition) is 5. The molecular weight excluding hydrogens is 348 g/mol.